The van der Waals surface area contributed by atoms with E-state index in [0.29, 0.717) is 12.8 Å². The van der Waals surface area contributed by atoms with Gasteiger partial charge in [-0.25, -0.2) is 0 Å². The van der Waals surface area contributed by atoms with Gasteiger partial charge in [-0.05, 0) is 12.8 Å². The Balaban J connectivity index is 2.02. The summed E-state index contributed by atoms with van der Waals surface area (Å²) in [6.07, 6.45) is 27.5. The summed E-state index contributed by atoms with van der Waals surface area (Å²) in [6.45, 7) is 3.25. The Hall–Kier alpha value is -0.850. The molecule has 1 amide bonds. The molecule has 0 aromatic rings. The van der Waals surface area contributed by atoms with Crippen molar-refractivity contribution in [1.29, 1.82) is 0 Å². The first kappa shape index (κ1) is 50.2. The van der Waals surface area contributed by atoms with E-state index in [-0.39, 0.29) is 18.9 Å². The molecule has 1 aliphatic heterocycles. The zero-order chi connectivity index (χ0) is 38.9. The smallest absolute Gasteiger partial charge is 0.220 e. The highest BCUT2D eigenvalue weighted by atomic mass is 16.7. The molecule has 8 atom stereocenters. The van der Waals surface area contributed by atoms with E-state index in [1.807, 2.05) is 6.92 Å². The zero-order valence-electron chi connectivity index (χ0n) is 34.2. The van der Waals surface area contributed by atoms with Crippen molar-refractivity contribution in [2.24, 2.45) is 0 Å². The number of amides is 1. The van der Waals surface area contributed by atoms with E-state index in [4.69, 9.17) is 9.47 Å². The summed E-state index contributed by atoms with van der Waals surface area (Å²) < 4.78 is 11.0. The molecular formula is C43H85NO9. The lowest BCUT2D eigenvalue weighted by atomic mass is 9.99. The van der Waals surface area contributed by atoms with E-state index >= 15 is 0 Å². The average Bonchev–Trinajstić information content (AvgIpc) is 3.15. The Morgan fingerprint density at radius 1 is 0.585 bits per heavy atom. The molecule has 1 rings (SSSR count). The highest BCUT2D eigenvalue weighted by Crippen LogP contribution is 2.23. The number of nitrogens with one attached hydrogen (secondary N) is 1. The van der Waals surface area contributed by atoms with Crippen molar-refractivity contribution in [2.45, 2.75) is 255 Å². The van der Waals surface area contributed by atoms with Gasteiger partial charge in [-0.2, -0.15) is 0 Å². The van der Waals surface area contributed by atoms with Crippen LogP contribution in [0, 0.1) is 0 Å². The van der Waals surface area contributed by atoms with Gasteiger partial charge in [0.25, 0.3) is 0 Å². The van der Waals surface area contributed by atoms with E-state index in [2.05, 4.69) is 12.2 Å². The highest BCUT2D eigenvalue weighted by molar-refractivity contribution is 5.76. The number of rotatable bonds is 37. The van der Waals surface area contributed by atoms with E-state index in [0.717, 1.165) is 25.7 Å². The lowest BCUT2D eigenvalue weighted by Gasteiger charge is -2.40. The average molecular weight is 760 g/mol. The summed E-state index contributed by atoms with van der Waals surface area (Å²) in [5, 5.41) is 63.6. The number of aliphatic hydroxyl groups excluding tert-OH is 6. The van der Waals surface area contributed by atoms with Gasteiger partial charge in [-0.1, -0.05) is 187 Å². The molecule has 10 nitrogen and oxygen atoms in total. The lowest BCUT2D eigenvalue weighted by molar-refractivity contribution is -0.303. The fourth-order valence-electron chi connectivity index (χ4n) is 7.42. The predicted molar refractivity (Wildman–Crippen MR) is 214 cm³/mol. The first-order valence-corrected chi connectivity index (χ1v) is 22.3. The van der Waals surface area contributed by atoms with Gasteiger partial charge in [0.05, 0.1) is 25.4 Å². The lowest BCUT2D eigenvalue weighted by Crippen LogP contribution is -2.60. The van der Waals surface area contributed by atoms with Crippen LogP contribution in [0.3, 0.4) is 0 Å². The highest BCUT2D eigenvalue weighted by Gasteiger charge is 2.44. The van der Waals surface area contributed by atoms with Crippen LogP contribution in [0.25, 0.3) is 0 Å². The molecule has 0 aliphatic carbocycles. The molecule has 10 heteroatoms. The molecule has 0 radical (unpaired) electrons. The quantitative estimate of drug-likeness (QED) is 0.0313. The second kappa shape index (κ2) is 34.4. The van der Waals surface area contributed by atoms with Gasteiger partial charge in [0.1, 0.15) is 30.5 Å². The Morgan fingerprint density at radius 2 is 0.981 bits per heavy atom. The SMILES string of the molecule is CCCCCCCCCCCCCCCCCCCCCCCCCCCCCC(=O)N[C@@H](CO[C@H]1O[C@H](CO)[C@H](O)[C@H](O)[C@H]1O)[C@H](O)[C@H](O)CCC. The molecule has 7 N–H and O–H groups in total. The van der Waals surface area contributed by atoms with Crippen LogP contribution in [0.2, 0.25) is 0 Å². The van der Waals surface area contributed by atoms with Gasteiger partial charge in [0.2, 0.25) is 5.91 Å². The first-order chi connectivity index (χ1) is 25.8. The molecule has 0 unspecified atom stereocenters. The van der Waals surface area contributed by atoms with Crippen LogP contribution in [-0.4, -0.2) is 98.7 Å². The molecule has 1 aliphatic rings. The summed E-state index contributed by atoms with van der Waals surface area (Å²) in [5.41, 5.74) is 0. The third kappa shape index (κ3) is 25.1. The Bertz CT molecular complexity index is 819. The van der Waals surface area contributed by atoms with E-state index in [9.17, 15) is 35.4 Å². The van der Waals surface area contributed by atoms with Gasteiger partial charge in [0, 0.05) is 6.42 Å². The first-order valence-electron chi connectivity index (χ1n) is 22.3. The van der Waals surface area contributed by atoms with E-state index in [1.54, 1.807) is 0 Å². The number of aliphatic hydroxyl groups is 6. The van der Waals surface area contributed by atoms with Crippen molar-refractivity contribution in [3.8, 4) is 0 Å². The fraction of sp³-hybridized carbons (Fsp3) is 0.977. The molecular weight excluding hydrogens is 674 g/mol. The maximum Gasteiger partial charge on any atom is 0.220 e. The Morgan fingerprint density at radius 3 is 1.36 bits per heavy atom. The number of carbonyl (C=O) groups is 1. The van der Waals surface area contributed by atoms with E-state index in [1.165, 1.54) is 148 Å². The predicted octanol–water partition coefficient (Wildman–Crippen LogP) is 7.75. The third-order valence-corrected chi connectivity index (χ3v) is 11.0. The topological polar surface area (TPSA) is 169 Å². The largest absolute Gasteiger partial charge is 0.394 e. The van der Waals surface area contributed by atoms with Crippen LogP contribution in [-0.2, 0) is 14.3 Å². The van der Waals surface area contributed by atoms with Gasteiger partial charge < -0.3 is 45.4 Å². The van der Waals surface area contributed by atoms with Crippen molar-refractivity contribution in [1.82, 2.24) is 5.32 Å². The summed E-state index contributed by atoms with van der Waals surface area (Å²) >= 11 is 0. The normalized spacial score (nSPS) is 22.2. The molecule has 53 heavy (non-hydrogen) atoms. The van der Waals surface area contributed by atoms with Crippen molar-refractivity contribution >= 4 is 5.91 Å². The number of hydrogen-bond acceptors (Lipinski definition) is 9. The number of carbonyl (C=O) groups excluding carboxylic acids is 1. The minimum absolute atomic E-state index is 0.269. The zero-order valence-corrected chi connectivity index (χ0v) is 34.2. The molecule has 0 aromatic carbocycles. The van der Waals surface area contributed by atoms with Crippen LogP contribution in [0.1, 0.15) is 206 Å². The van der Waals surface area contributed by atoms with Crippen LogP contribution < -0.4 is 5.32 Å². The van der Waals surface area contributed by atoms with Gasteiger partial charge >= 0.3 is 0 Å². The molecule has 1 saturated heterocycles. The maximum atomic E-state index is 12.7. The molecule has 0 aromatic heterocycles. The standard InChI is InChI=1S/C43H85NO9/c1-3-5-6-7-8-9-10-11-12-13-14-15-16-17-18-19-20-21-22-23-24-25-26-27-28-29-30-32-38(47)44-35(39(48)36(46)31-4-2)34-52-43-42(51)41(50)40(49)37(33-45)53-43/h35-37,39-43,45-46,48-51H,3-34H2,1-2H3,(H,44,47)/t35-,36+,37+,39-,40-,41-,42+,43-/m0/s1. The minimum Gasteiger partial charge on any atom is -0.394 e. The van der Waals surface area contributed by atoms with Gasteiger partial charge in [0.15, 0.2) is 6.29 Å². The second-order valence-corrected chi connectivity index (χ2v) is 16.0. The Kier molecular flexibility index (Phi) is 32.6. The van der Waals surface area contributed by atoms with Crippen LogP contribution in [0.5, 0.6) is 0 Å². The van der Waals surface area contributed by atoms with Gasteiger partial charge in [-0.3, -0.25) is 4.79 Å². The number of ether oxygens (including phenoxy) is 2. The fourth-order valence-corrected chi connectivity index (χ4v) is 7.42. The molecule has 1 fully saturated rings. The monoisotopic (exact) mass is 760 g/mol. The maximum absolute atomic E-state index is 12.7. The van der Waals surface area contributed by atoms with Crippen molar-refractivity contribution < 1.29 is 44.9 Å². The summed E-state index contributed by atoms with van der Waals surface area (Å²) in [5.74, 6) is -0.269. The summed E-state index contributed by atoms with van der Waals surface area (Å²) in [4.78, 5) is 12.7. The van der Waals surface area contributed by atoms with Crippen molar-refractivity contribution in [2.75, 3.05) is 13.2 Å². The Labute approximate surface area is 324 Å². The number of hydrogen-bond donors (Lipinski definition) is 7. The molecule has 316 valence electrons. The molecule has 0 spiro atoms. The minimum atomic E-state index is -1.60. The molecule has 0 bridgehead atoms. The van der Waals surface area contributed by atoms with Crippen LogP contribution in [0.4, 0.5) is 0 Å². The second-order valence-electron chi connectivity index (χ2n) is 16.0. The van der Waals surface area contributed by atoms with Gasteiger partial charge in [-0.15, -0.1) is 0 Å². The number of unbranched alkanes of at least 4 members (excludes halogenated alkanes) is 26. The van der Waals surface area contributed by atoms with Crippen LogP contribution in [0.15, 0.2) is 0 Å². The van der Waals surface area contributed by atoms with Crippen molar-refractivity contribution in [3.05, 3.63) is 0 Å². The molecule has 0 saturated carbocycles. The summed E-state index contributed by atoms with van der Waals surface area (Å²) in [6, 6.07) is -0.981. The summed E-state index contributed by atoms with van der Waals surface area (Å²) in [7, 11) is 0. The van der Waals surface area contributed by atoms with E-state index < -0.39 is 55.6 Å². The van der Waals surface area contributed by atoms with Crippen molar-refractivity contribution in [3.63, 3.8) is 0 Å². The third-order valence-electron chi connectivity index (χ3n) is 11.0. The van der Waals surface area contributed by atoms with Crippen LogP contribution >= 0.6 is 0 Å². The molecule has 1 heterocycles.